The van der Waals surface area contributed by atoms with Gasteiger partial charge in [0.25, 0.3) is 0 Å². The molecule has 2 unspecified atom stereocenters. The van der Waals surface area contributed by atoms with E-state index in [1.807, 2.05) is 0 Å². The average molecular weight is 126 g/mol. The van der Waals surface area contributed by atoms with Gasteiger partial charge in [-0.25, -0.2) is 0 Å². The van der Waals surface area contributed by atoms with Gasteiger partial charge in [-0.1, -0.05) is 13.0 Å². The molecule has 0 aromatic rings. The van der Waals surface area contributed by atoms with Gasteiger partial charge in [-0.05, 0) is 12.8 Å². The number of nitrogens with two attached hydrogens (primary N) is 2. The molecular formula is C7H14N2. The molecule has 0 aromatic heterocycles. The number of hydrogen-bond donors (Lipinski definition) is 2. The Morgan fingerprint density at radius 1 is 1.44 bits per heavy atom. The lowest BCUT2D eigenvalue weighted by molar-refractivity contribution is 0.549. The molecule has 2 atom stereocenters. The molecular weight excluding hydrogens is 112 g/mol. The predicted octanol–water partition coefficient (Wildman–Crippen LogP) is 0.586. The van der Waals surface area contributed by atoms with Crippen LogP contribution in [0.2, 0.25) is 0 Å². The summed E-state index contributed by atoms with van der Waals surface area (Å²) >= 11 is 0. The smallest absolute Gasteiger partial charge is 0.0130 e. The molecule has 0 amide bonds. The highest BCUT2D eigenvalue weighted by molar-refractivity contribution is 5.02. The summed E-state index contributed by atoms with van der Waals surface area (Å²) in [5.41, 5.74) is 12.0. The molecule has 2 heteroatoms. The van der Waals surface area contributed by atoms with Crippen molar-refractivity contribution in [3.05, 3.63) is 12.3 Å². The minimum Gasteiger partial charge on any atom is -0.402 e. The first-order valence-electron chi connectivity index (χ1n) is 3.41. The minimum atomic E-state index is 0.280. The molecule has 1 aliphatic rings. The summed E-state index contributed by atoms with van der Waals surface area (Å²) in [6, 6.07) is 0.280. The molecule has 0 aromatic carbocycles. The zero-order valence-electron chi connectivity index (χ0n) is 5.64. The van der Waals surface area contributed by atoms with Crippen LogP contribution in [0.5, 0.6) is 0 Å². The predicted molar refractivity (Wildman–Crippen MR) is 38.6 cm³/mol. The molecule has 0 spiro atoms. The van der Waals surface area contributed by atoms with Crippen LogP contribution >= 0.6 is 0 Å². The van der Waals surface area contributed by atoms with Gasteiger partial charge < -0.3 is 11.5 Å². The van der Waals surface area contributed by atoms with Crippen molar-refractivity contribution in [1.82, 2.24) is 0 Å². The largest absolute Gasteiger partial charge is 0.402 e. The van der Waals surface area contributed by atoms with E-state index in [2.05, 4.69) is 6.58 Å². The second-order valence-electron chi connectivity index (χ2n) is 2.78. The Hall–Kier alpha value is -0.500. The fraction of sp³-hybridized carbons (Fsp3) is 0.714. The van der Waals surface area contributed by atoms with Crippen LogP contribution in [0.15, 0.2) is 12.3 Å². The molecule has 1 fully saturated rings. The molecule has 4 N–H and O–H groups in total. The van der Waals surface area contributed by atoms with E-state index in [1.54, 1.807) is 0 Å². The molecule has 0 radical (unpaired) electrons. The van der Waals surface area contributed by atoms with Gasteiger partial charge in [0, 0.05) is 17.7 Å². The highest BCUT2D eigenvalue weighted by Crippen LogP contribution is 2.26. The Labute approximate surface area is 55.9 Å². The maximum Gasteiger partial charge on any atom is 0.0130 e. The van der Waals surface area contributed by atoms with E-state index in [1.165, 1.54) is 6.42 Å². The maximum absolute atomic E-state index is 5.74. The molecule has 1 rings (SSSR count). The van der Waals surface area contributed by atoms with Gasteiger partial charge in [0.05, 0.1) is 0 Å². The Balaban J connectivity index is 2.49. The van der Waals surface area contributed by atoms with Crippen LogP contribution in [-0.4, -0.2) is 6.04 Å². The summed E-state index contributed by atoms with van der Waals surface area (Å²) in [6.45, 7) is 3.69. The lowest BCUT2D eigenvalue weighted by atomic mass is 10.0. The Kier molecular flexibility index (Phi) is 1.76. The number of rotatable bonds is 1. The molecule has 1 saturated carbocycles. The van der Waals surface area contributed by atoms with Gasteiger partial charge in [-0.3, -0.25) is 0 Å². The van der Waals surface area contributed by atoms with Crippen molar-refractivity contribution in [1.29, 1.82) is 0 Å². The SMILES string of the molecule is C=C(N)C1CCCC1N. The standard InChI is InChI=1S/C7H14N2/c1-5(8)6-3-2-4-7(6)9/h6-7H,1-4,8-9H2. The van der Waals surface area contributed by atoms with Crippen LogP contribution < -0.4 is 11.5 Å². The van der Waals surface area contributed by atoms with E-state index < -0.39 is 0 Å². The summed E-state index contributed by atoms with van der Waals surface area (Å²) in [5, 5.41) is 0. The van der Waals surface area contributed by atoms with E-state index in [0.717, 1.165) is 18.5 Å². The van der Waals surface area contributed by atoms with Gasteiger partial charge in [0.1, 0.15) is 0 Å². The third-order valence-electron chi connectivity index (χ3n) is 2.05. The third kappa shape index (κ3) is 1.24. The maximum atomic E-state index is 5.74. The molecule has 0 heterocycles. The Morgan fingerprint density at radius 3 is 2.33 bits per heavy atom. The van der Waals surface area contributed by atoms with Gasteiger partial charge in [0.2, 0.25) is 0 Å². The van der Waals surface area contributed by atoms with Crippen LogP contribution in [0.4, 0.5) is 0 Å². The molecule has 0 aliphatic heterocycles. The lowest BCUT2D eigenvalue weighted by Gasteiger charge is -2.13. The molecule has 52 valence electrons. The van der Waals surface area contributed by atoms with Crippen molar-refractivity contribution >= 4 is 0 Å². The van der Waals surface area contributed by atoms with Crippen molar-refractivity contribution in [2.24, 2.45) is 17.4 Å². The average Bonchev–Trinajstić information content (AvgIpc) is 2.13. The quantitative estimate of drug-likeness (QED) is 0.540. The minimum absolute atomic E-state index is 0.280. The second kappa shape index (κ2) is 2.40. The van der Waals surface area contributed by atoms with Crippen LogP contribution in [0, 0.1) is 5.92 Å². The summed E-state index contributed by atoms with van der Waals surface area (Å²) < 4.78 is 0. The van der Waals surface area contributed by atoms with Crippen molar-refractivity contribution < 1.29 is 0 Å². The van der Waals surface area contributed by atoms with Crippen molar-refractivity contribution in [3.63, 3.8) is 0 Å². The first-order valence-corrected chi connectivity index (χ1v) is 3.41. The zero-order chi connectivity index (χ0) is 6.85. The van der Waals surface area contributed by atoms with Crippen molar-refractivity contribution in [3.8, 4) is 0 Å². The highest BCUT2D eigenvalue weighted by atomic mass is 14.7. The highest BCUT2D eigenvalue weighted by Gasteiger charge is 2.24. The Morgan fingerprint density at radius 2 is 2.11 bits per heavy atom. The van der Waals surface area contributed by atoms with Crippen molar-refractivity contribution in [2.75, 3.05) is 0 Å². The third-order valence-corrected chi connectivity index (χ3v) is 2.05. The van der Waals surface area contributed by atoms with E-state index in [0.29, 0.717) is 5.92 Å². The van der Waals surface area contributed by atoms with Crippen LogP contribution in [0.25, 0.3) is 0 Å². The lowest BCUT2D eigenvalue weighted by Crippen LogP contribution is -2.27. The summed E-state index contributed by atoms with van der Waals surface area (Å²) in [4.78, 5) is 0. The first kappa shape index (κ1) is 6.62. The molecule has 2 nitrogen and oxygen atoms in total. The first-order chi connectivity index (χ1) is 4.22. The van der Waals surface area contributed by atoms with Gasteiger partial charge in [0.15, 0.2) is 0 Å². The van der Waals surface area contributed by atoms with E-state index >= 15 is 0 Å². The summed E-state index contributed by atoms with van der Waals surface area (Å²) in [5.74, 6) is 0.394. The van der Waals surface area contributed by atoms with E-state index in [-0.39, 0.29) is 6.04 Å². The van der Waals surface area contributed by atoms with Gasteiger partial charge in [-0.15, -0.1) is 0 Å². The summed E-state index contributed by atoms with van der Waals surface area (Å²) in [7, 11) is 0. The fourth-order valence-corrected chi connectivity index (χ4v) is 1.45. The Bertz CT molecular complexity index is 120. The van der Waals surface area contributed by atoms with Gasteiger partial charge >= 0.3 is 0 Å². The monoisotopic (exact) mass is 126 g/mol. The van der Waals surface area contributed by atoms with Crippen LogP contribution in [-0.2, 0) is 0 Å². The van der Waals surface area contributed by atoms with E-state index in [9.17, 15) is 0 Å². The molecule has 1 aliphatic carbocycles. The van der Waals surface area contributed by atoms with Crippen molar-refractivity contribution in [2.45, 2.75) is 25.3 Å². The molecule has 0 bridgehead atoms. The normalized spacial score (nSPS) is 34.8. The molecule has 9 heavy (non-hydrogen) atoms. The van der Waals surface area contributed by atoms with E-state index in [4.69, 9.17) is 11.5 Å². The zero-order valence-corrected chi connectivity index (χ0v) is 5.64. The van der Waals surface area contributed by atoms with Gasteiger partial charge in [-0.2, -0.15) is 0 Å². The topological polar surface area (TPSA) is 52.0 Å². The van der Waals surface area contributed by atoms with Crippen LogP contribution in [0.1, 0.15) is 19.3 Å². The molecule has 0 saturated heterocycles. The van der Waals surface area contributed by atoms with Crippen LogP contribution in [0.3, 0.4) is 0 Å². The second-order valence-corrected chi connectivity index (χ2v) is 2.78. The summed E-state index contributed by atoms with van der Waals surface area (Å²) in [6.07, 6.45) is 3.46. The number of hydrogen-bond acceptors (Lipinski definition) is 2. The fourth-order valence-electron chi connectivity index (χ4n) is 1.45.